The van der Waals surface area contributed by atoms with E-state index in [1.54, 1.807) is 0 Å². The summed E-state index contributed by atoms with van der Waals surface area (Å²) in [5.74, 6) is 0.508. The summed E-state index contributed by atoms with van der Waals surface area (Å²) in [6.45, 7) is 5.71. The third-order valence-corrected chi connectivity index (χ3v) is 2.34. The highest BCUT2D eigenvalue weighted by molar-refractivity contribution is 7.80. The lowest BCUT2D eigenvalue weighted by atomic mass is 10.1. The lowest BCUT2D eigenvalue weighted by Gasteiger charge is -2.11. The van der Waals surface area contributed by atoms with E-state index >= 15 is 0 Å². The molecule has 1 rings (SSSR count). The van der Waals surface area contributed by atoms with E-state index in [1.165, 1.54) is 5.56 Å². The van der Waals surface area contributed by atoms with Crippen LogP contribution in [-0.4, -0.2) is 18.3 Å². The average Bonchev–Trinajstić information content (AvgIpc) is 2.28. The Bertz CT molecular complexity index is 311. The SMILES string of the molecule is CC(C)COC(=S)NCCc1ccccc1. The molecule has 0 bridgehead atoms. The standard InChI is InChI=1S/C13H19NOS/c1-11(2)10-15-13(16)14-9-8-12-6-4-3-5-7-12/h3-7,11H,8-10H2,1-2H3,(H,14,16). The molecule has 1 aromatic rings. The van der Waals surface area contributed by atoms with Gasteiger partial charge in [-0.05, 0) is 30.1 Å². The summed E-state index contributed by atoms with van der Waals surface area (Å²) < 4.78 is 5.36. The summed E-state index contributed by atoms with van der Waals surface area (Å²) in [5, 5.41) is 3.60. The van der Waals surface area contributed by atoms with Crippen molar-refractivity contribution in [3.8, 4) is 0 Å². The van der Waals surface area contributed by atoms with Gasteiger partial charge in [0.15, 0.2) is 0 Å². The van der Waals surface area contributed by atoms with E-state index in [-0.39, 0.29) is 0 Å². The summed E-state index contributed by atoms with van der Waals surface area (Å²) >= 11 is 5.05. The number of thiocarbonyl (C=S) groups is 1. The van der Waals surface area contributed by atoms with Crippen LogP contribution >= 0.6 is 12.2 Å². The summed E-state index contributed by atoms with van der Waals surface area (Å²) in [5.41, 5.74) is 1.31. The Morgan fingerprint density at radius 1 is 1.31 bits per heavy atom. The molecule has 88 valence electrons. The first-order valence-electron chi connectivity index (χ1n) is 5.63. The fourth-order valence-corrected chi connectivity index (χ4v) is 1.42. The minimum Gasteiger partial charge on any atom is -0.471 e. The van der Waals surface area contributed by atoms with Crippen molar-refractivity contribution in [2.45, 2.75) is 20.3 Å². The van der Waals surface area contributed by atoms with Crippen LogP contribution in [0.25, 0.3) is 0 Å². The highest BCUT2D eigenvalue weighted by Gasteiger charge is 1.99. The quantitative estimate of drug-likeness (QED) is 0.796. The minimum absolute atomic E-state index is 0.504. The Kier molecular flexibility index (Phi) is 5.86. The molecule has 0 aliphatic rings. The number of rotatable bonds is 5. The highest BCUT2D eigenvalue weighted by atomic mass is 32.1. The maximum atomic E-state index is 5.36. The summed E-state index contributed by atoms with van der Waals surface area (Å²) in [6, 6.07) is 10.3. The van der Waals surface area contributed by atoms with Gasteiger partial charge in [0.1, 0.15) is 0 Å². The zero-order valence-electron chi connectivity index (χ0n) is 9.90. The smallest absolute Gasteiger partial charge is 0.256 e. The predicted octanol–water partition coefficient (Wildman–Crippen LogP) is 2.78. The molecule has 0 atom stereocenters. The van der Waals surface area contributed by atoms with Crippen molar-refractivity contribution < 1.29 is 4.74 Å². The van der Waals surface area contributed by atoms with Crippen LogP contribution in [0.4, 0.5) is 0 Å². The minimum atomic E-state index is 0.504. The molecule has 1 N–H and O–H groups in total. The molecule has 0 aromatic heterocycles. The predicted molar refractivity (Wildman–Crippen MR) is 71.5 cm³/mol. The fourth-order valence-electron chi connectivity index (χ4n) is 1.25. The number of nitrogens with one attached hydrogen (secondary N) is 1. The first-order valence-corrected chi connectivity index (χ1v) is 6.04. The molecular formula is C13H19NOS. The second kappa shape index (κ2) is 7.23. The molecule has 16 heavy (non-hydrogen) atoms. The molecular weight excluding hydrogens is 218 g/mol. The molecule has 0 saturated heterocycles. The van der Waals surface area contributed by atoms with Crippen molar-refractivity contribution in [1.29, 1.82) is 0 Å². The maximum Gasteiger partial charge on any atom is 0.256 e. The van der Waals surface area contributed by atoms with Gasteiger partial charge in [0, 0.05) is 6.54 Å². The van der Waals surface area contributed by atoms with Crippen LogP contribution in [0.3, 0.4) is 0 Å². The van der Waals surface area contributed by atoms with Crippen molar-refractivity contribution >= 4 is 17.4 Å². The molecule has 0 radical (unpaired) electrons. The Morgan fingerprint density at radius 2 is 2.00 bits per heavy atom. The van der Waals surface area contributed by atoms with E-state index < -0.39 is 0 Å². The van der Waals surface area contributed by atoms with Crippen molar-refractivity contribution in [3.63, 3.8) is 0 Å². The summed E-state index contributed by atoms with van der Waals surface area (Å²) in [4.78, 5) is 0. The normalized spacial score (nSPS) is 10.2. The van der Waals surface area contributed by atoms with Gasteiger partial charge in [0.2, 0.25) is 0 Å². The molecule has 0 amide bonds. The molecule has 0 fully saturated rings. The molecule has 0 saturated carbocycles. The van der Waals surface area contributed by atoms with Crippen LogP contribution in [-0.2, 0) is 11.2 Å². The van der Waals surface area contributed by atoms with Crippen molar-refractivity contribution in [3.05, 3.63) is 35.9 Å². The number of ether oxygens (including phenoxy) is 1. The van der Waals surface area contributed by atoms with Crippen LogP contribution in [0, 0.1) is 5.92 Å². The summed E-state index contributed by atoms with van der Waals surface area (Å²) in [7, 11) is 0. The van der Waals surface area contributed by atoms with E-state index in [2.05, 4.69) is 31.3 Å². The van der Waals surface area contributed by atoms with Crippen LogP contribution in [0.15, 0.2) is 30.3 Å². The van der Waals surface area contributed by atoms with E-state index in [1.807, 2.05) is 18.2 Å². The zero-order chi connectivity index (χ0) is 11.8. The zero-order valence-corrected chi connectivity index (χ0v) is 10.7. The van der Waals surface area contributed by atoms with Gasteiger partial charge >= 0.3 is 0 Å². The molecule has 0 spiro atoms. The lowest BCUT2D eigenvalue weighted by molar-refractivity contribution is 0.254. The topological polar surface area (TPSA) is 21.3 Å². The van der Waals surface area contributed by atoms with E-state index in [9.17, 15) is 0 Å². The molecule has 3 heteroatoms. The van der Waals surface area contributed by atoms with Crippen LogP contribution in [0.1, 0.15) is 19.4 Å². The average molecular weight is 237 g/mol. The number of hydrogen-bond donors (Lipinski definition) is 1. The Hall–Kier alpha value is -1.09. The van der Waals surface area contributed by atoms with Crippen LogP contribution in [0.2, 0.25) is 0 Å². The number of hydrogen-bond acceptors (Lipinski definition) is 2. The highest BCUT2D eigenvalue weighted by Crippen LogP contribution is 1.98. The van der Waals surface area contributed by atoms with Gasteiger partial charge in [0.25, 0.3) is 5.17 Å². The summed E-state index contributed by atoms with van der Waals surface area (Å²) in [6.07, 6.45) is 0.964. The monoisotopic (exact) mass is 237 g/mol. The van der Waals surface area contributed by atoms with E-state index in [0.29, 0.717) is 17.7 Å². The van der Waals surface area contributed by atoms with Crippen molar-refractivity contribution in [2.24, 2.45) is 5.92 Å². The molecule has 0 unspecified atom stereocenters. The molecule has 1 aromatic carbocycles. The first kappa shape index (κ1) is 13.0. The molecule has 2 nitrogen and oxygen atoms in total. The third kappa shape index (κ3) is 5.71. The Morgan fingerprint density at radius 3 is 2.62 bits per heavy atom. The van der Waals surface area contributed by atoms with Crippen molar-refractivity contribution in [2.75, 3.05) is 13.2 Å². The third-order valence-electron chi connectivity index (χ3n) is 2.07. The van der Waals surface area contributed by atoms with Gasteiger partial charge in [-0.1, -0.05) is 44.2 Å². The second-order valence-corrected chi connectivity index (χ2v) is 4.53. The van der Waals surface area contributed by atoms with Gasteiger partial charge in [-0.2, -0.15) is 0 Å². The Balaban J connectivity index is 2.13. The van der Waals surface area contributed by atoms with Gasteiger partial charge in [-0.15, -0.1) is 0 Å². The van der Waals surface area contributed by atoms with Crippen LogP contribution in [0.5, 0.6) is 0 Å². The van der Waals surface area contributed by atoms with Gasteiger partial charge in [0.05, 0.1) is 6.61 Å². The molecule has 0 aliphatic heterocycles. The van der Waals surface area contributed by atoms with E-state index in [4.69, 9.17) is 17.0 Å². The second-order valence-electron chi connectivity index (χ2n) is 4.15. The van der Waals surface area contributed by atoms with Gasteiger partial charge in [-0.25, -0.2) is 0 Å². The van der Waals surface area contributed by atoms with Crippen LogP contribution < -0.4 is 5.32 Å². The Labute approximate surface area is 103 Å². The molecule has 0 aliphatic carbocycles. The van der Waals surface area contributed by atoms with Gasteiger partial charge < -0.3 is 10.1 Å². The molecule has 0 heterocycles. The lowest BCUT2D eigenvalue weighted by Crippen LogP contribution is -2.27. The first-order chi connectivity index (χ1) is 7.68. The number of benzene rings is 1. The maximum absolute atomic E-state index is 5.36. The van der Waals surface area contributed by atoms with Gasteiger partial charge in [-0.3, -0.25) is 0 Å². The van der Waals surface area contributed by atoms with Crippen molar-refractivity contribution in [1.82, 2.24) is 5.32 Å². The largest absolute Gasteiger partial charge is 0.471 e. The fraction of sp³-hybridized carbons (Fsp3) is 0.462. The van der Waals surface area contributed by atoms with E-state index in [0.717, 1.165) is 13.0 Å².